The normalized spacial score (nSPS) is 21.4. The van der Waals surface area contributed by atoms with E-state index in [9.17, 15) is 4.79 Å². The number of nitrogens with one attached hydrogen (secondary N) is 2. The topological polar surface area (TPSA) is 70.9 Å². The first kappa shape index (κ1) is 12.5. The van der Waals surface area contributed by atoms with Crippen LogP contribution in [0.5, 0.6) is 0 Å². The number of furan rings is 1. The van der Waals surface area contributed by atoms with Gasteiger partial charge in [0.25, 0.3) is 0 Å². The van der Waals surface area contributed by atoms with Crippen LogP contribution in [0.3, 0.4) is 0 Å². The molecule has 0 aliphatic heterocycles. The van der Waals surface area contributed by atoms with E-state index in [0.29, 0.717) is 5.82 Å². The third kappa shape index (κ3) is 2.32. The number of hydrogen-bond acceptors (Lipinski definition) is 3. The van der Waals surface area contributed by atoms with E-state index in [1.807, 2.05) is 19.1 Å². The smallest absolute Gasteiger partial charge is 0.229 e. The van der Waals surface area contributed by atoms with Crippen LogP contribution in [0.4, 0.5) is 5.82 Å². The van der Waals surface area contributed by atoms with Crippen molar-refractivity contribution in [3.05, 3.63) is 34.3 Å². The van der Waals surface area contributed by atoms with Crippen LogP contribution in [0.1, 0.15) is 30.7 Å². The number of aromatic nitrogens is 2. The molecule has 100 valence electrons. The van der Waals surface area contributed by atoms with Gasteiger partial charge in [-0.3, -0.25) is 9.89 Å². The average Bonchev–Trinajstić information content (AvgIpc) is 2.87. The molecule has 0 aromatic carbocycles. The van der Waals surface area contributed by atoms with Gasteiger partial charge in [0.2, 0.25) is 5.91 Å². The number of aryl methyl sites for hydroxylation is 1. The quantitative estimate of drug-likeness (QED) is 0.908. The third-order valence-electron chi connectivity index (χ3n) is 3.41. The fourth-order valence-electron chi connectivity index (χ4n) is 2.19. The monoisotopic (exact) mass is 323 g/mol. The van der Waals surface area contributed by atoms with Gasteiger partial charge in [-0.05, 0) is 40.9 Å². The number of amides is 1. The standard InChI is InChI=1S/C13H14BrN3O2/c1-2-9-11(14)12(17-16-9)15-13(18)8-6-7(8)10-4-3-5-19-10/h3-5,7-8H,2,6H2,1H3,(H2,15,16,17,18)/t7-,8-/m0/s1. The Morgan fingerprint density at radius 3 is 3.16 bits per heavy atom. The predicted octanol–water partition coefficient (Wildman–Crippen LogP) is 3.07. The number of hydrogen-bond donors (Lipinski definition) is 2. The van der Waals surface area contributed by atoms with E-state index in [1.54, 1.807) is 6.26 Å². The largest absolute Gasteiger partial charge is 0.469 e. The number of nitrogens with zero attached hydrogens (tertiary/aromatic N) is 1. The van der Waals surface area contributed by atoms with E-state index in [2.05, 4.69) is 31.4 Å². The molecular formula is C13H14BrN3O2. The van der Waals surface area contributed by atoms with Gasteiger partial charge in [0.15, 0.2) is 5.82 Å². The number of halogens is 1. The van der Waals surface area contributed by atoms with Crippen LogP contribution in [0.25, 0.3) is 0 Å². The summed E-state index contributed by atoms with van der Waals surface area (Å²) in [4.78, 5) is 12.1. The maximum absolute atomic E-state index is 12.1. The van der Waals surface area contributed by atoms with Gasteiger partial charge in [0, 0.05) is 11.8 Å². The lowest BCUT2D eigenvalue weighted by atomic mass is 10.2. The second kappa shape index (κ2) is 4.85. The van der Waals surface area contributed by atoms with Crippen molar-refractivity contribution < 1.29 is 9.21 Å². The summed E-state index contributed by atoms with van der Waals surface area (Å²) in [6.45, 7) is 2.03. The third-order valence-corrected chi connectivity index (χ3v) is 4.26. The molecule has 2 heterocycles. The minimum Gasteiger partial charge on any atom is -0.469 e. The van der Waals surface area contributed by atoms with Crippen LogP contribution in [0.15, 0.2) is 27.3 Å². The summed E-state index contributed by atoms with van der Waals surface area (Å²) in [7, 11) is 0. The molecule has 3 rings (SSSR count). The first-order valence-corrected chi connectivity index (χ1v) is 7.07. The van der Waals surface area contributed by atoms with Gasteiger partial charge in [-0.25, -0.2) is 0 Å². The Labute approximate surface area is 118 Å². The minimum absolute atomic E-state index is 0.00347. The van der Waals surface area contributed by atoms with Gasteiger partial charge in [-0.15, -0.1) is 0 Å². The molecule has 0 saturated heterocycles. The molecule has 0 bridgehead atoms. The molecule has 0 unspecified atom stereocenters. The first-order chi connectivity index (χ1) is 9.20. The highest BCUT2D eigenvalue weighted by atomic mass is 79.9. The predicted molar refractivity (Wildman–Crippen MR) is 73.9 cm³/mol. The van der Waals surface area contributed by atoms with E-state index in [-0.39, 0.29) is 17.7 Å². The summed E-state index contributed by atoms with van der Waals surface area (Å²) in [6.07, 6.45) is 3.31. The second-order valence-electron chi connectivity index (χ2n) is 4.67. The van der Waals surface area contributed by atoms with Gasteiger partial charge < -0.3 is 9.73 Å². The van der Waals surface area contributed by atoms with Crippen molar-refractivity contribution in [3.63, 3.8) is 0 Å². The fraction of sp³-hybridized carbons (Fsp3) is 0.385. The molecule has 1 aliphatic carbocycles. The minimum atomic E-state index is -0.0140. The Morgan fingerprint density at radius 1 is 1.68 bits per heavy atom. The summed E-state index contributed by atoms with van der Waals surface area (Å²) >= 11 is 3.44. The van der Waals surface area contributed by atoms with Crippen LogP contribution in [-0.4, -0.2) is 16.1 Å². The Morgan fingerprint density at radius 2 is 2.53 bits per heavy atom. The van der Waals surface area contributed by atoms with Gasteiger partial charge in [-0.2, -0.15) is 5.10 Å². The number of aromatic amines is 1. The van der Waals surface area contributed by atoms with E-state index < -0.39 is 0 Å². The molecule has 1 aliphatic rings. The van der Waals surface area contributed by atoms with Gasteiger partial charge in [0.05, 0.1) is 16.4 Å². The summed E-state index contributed by atoms with van der Waals surface area (Å²) in [5.74, 6) is 1.64. The molecule has 19 heavy (non-hydrogen) atoms. The Hall–Kier alpha value is -1.56. The van der Waals surface area contributed by atoms with Crippen molar-refractivity contribution in [2.45, 2.75) is 25.7 Å². The molecule has 2 atom stereocenters. The van der Waals surface area contributed by atoms with E-state index in [4.69, 9.17) is 4.42 Å². The number of carbonyl (C=O) groups excluding carboxylic acids is 1. The molecule has 2 aromatic rings. The zero-order valence-corrected chi connectivity index (χ0v) is 12.0. The SMILES string of the molecule is CCc1[nH]nc(NC(=O)[C@H]2C[C@@H]2c2ccco2)c1Br. The lowest BCUT2D eigenvalue weighted by Crippen LogP contribution is -2.15. The zero-order valence-electron chi connectivity index (χ0n) is 10.4. The highest BCUT2D eigenvalue weighted by Crippen LogP contribution is 2.48. The summed E-state index contributed by atoms with van der Waals surface area (Å²) in [6, 6.07) is 3.76. The molecule has 1 fully saturated rings. The van der Waals surface area contributed by atoms with Crippen molar-refractivity contribution in [1.29, 1.82) is 0 Å². The van der Waals surface area contributed by atoms with Gasteiger partial charge in [0.1, 0.15) is 5.76 Å². The maximum atomic E-state index is 12.1. The molecule has 0 spiro atoms. The number of rotatable bonds is 4. The molecule has 1 saturated carbocycles. The Bertz CT molecular complexity index is 591. The van der Waals surface area contributed by atoms with Crippen molar-refractivity contribution in [2.24, 2.45) is 5.92 Å². The van der Waals surface area contributed by atoms with E-state index >= 15 is 0 Å². The van der Waals surface area contributed by atoms with E-state index in [1.165, 1.54) is 0 Å². The van der Waals surface area contributed by atoms with Crippen LogP contribution in [-0.2, 0) is 11.2 Å². The van der Waals surface area contributed by atoms with Gasteiger partial charge >= 0.3 is 0 Å². The lowest BCUT2D eigenvalue weighted by Gasteiger charge is -2.01. The van der Waals surface area contributed by atoms with Crippen molar-refractivity contribution in [1.82, 2.24) is 10.2 Å². The van der Waals surface area contributed by atoms with Gasteiger partial charge in [-0.1, -0.05) is 6.92 Å². The maximum Gasteiger partial charge on any atom is 0.229 e. The van der Waals surface area contributed by atoms with Crippen LogP contribution < -0.4 is 5.32 Å². The van der Waals surface area contributed by atoms with Crippen LogP contribution in [0.2, 0.25) is 0 Å². The highest BCUT2D eigenvalue weighted by Gasteiger charge is 2.46. The van der Waals surface area contributed by atoms with Crippen molar-refractivity contribution in [2.75, 3.05) is 5.32 Å². The Balaban J connectivity index is 1.65. The average molecular weight is 324 g/mol. The summed E-state index contributed by atoms with van der Waals surface area (Å²) in [5, 5.41) is 9.84. The van der Waals surface area contributed by atoms with E-state index in [0.717, 1.165) is 28.8 Å². The van der Waals surface area contributed by atoms with Crippen LogP contribution in [0, 0.1) is 5.92 Å². The number of anilines is 1. The molecule has 2 aromatic heterocycles. The van der Waals surface area contributed by atoms with Crippen molar-refractivity contribution >= 4 is 27.7 Å². The number of carbonyl (C=O) groups is 1. The highest BCUT2D eigenvalue weighted by molar-refractivity contribution is 9.10. The molecular weight excluding hydrogens is 310 g/mol. The second-order valence-corrected chi connectivity index (χ2v) is 5.46. The first-order valence-electron chi connectivity index (χ1n) is 6.27. The van der Waals surface area contributed by atoms with Crippen molar-refractivity contribution in [3.8, 4) is 0 Å². The van der Waals surface area contributed by atoms with Crippen LogP contribution >= 0.6 is 15.9 Å². The Kier molecular flexibility index (Phi) is 3.18. The fourth-order valence-corrected chi connectivity index (χ4v) is 2.75. The molecule has 2 N–H and O–H groups in total. The molecule has 6 heteroatoms. The lowest BCUT2D eigenvalue weighted by molar-refractivity contribution is -0.117. The molecule has 1 amide bonds. The summed E-state index contributed by atoms with van der Waals surface area (Å²) in [5.41, 5.74) is 0.980. The number of H-pyrrole nitrogens is 1. The zero-order chi connectivity index (χ0) is 13.4. The molecule has 5 nitrogen and oxygen atoms in total. The summed E-state index contributed by atoms with van der Waals surface area (Å²) < 4.78 is 6.15. The molecule has 0 radical (unpaired) electrons.